The number of carboxylic acids is 1. The van der Waals surface area contributed by atoms with Crippen molar-refractivity contribution in [3.63, 3.8) is 0 Å². The molecular formula is C10H17NO3. The lowest BCUT2D eigenvalue weighted by atomic mass is 10.1. The number of carbonyl (C=O) groups is 1. The van der Waals surface area contributed by atoms with Crippen molar-refractivity contribution in [2.45, 2.75) is 31.8 Å². The van der Waals surface area contributed by atoms with Gasteiger partial charge in [-0.1, -0.05) is 0 Å². The van der Waals surface area contributed by atoms with Crippen molar-refractivity contribution in [1.29, 1.82) is 0 Å². The van der Waals surface area contributed by atoms with Gasteiger partial charge in [0.15, 0.2) is 0 Å². The normalized spacial score (nSPS) is 22.4. The van der Waals surface area contributed by atoms with Crippen LogP contribution in [0.25, 0.3) is 0 Å². The van der Waals surface area contributed by atoms with E-state index in [1.807, 2.05) is 0 Å². The molecule has 0 aliphatic carbocycles. The van der Waals surface area contributed by atoms with Gasteiger partial charge < -0.3 is 15.2 Å². The van der Waals surface area contributed by atoms with E-state index in [-0.39, 0.29) is 0 Å². The first kappa shape index (κ1) is 11.0. The molecule has 0 saturated carbocycles. The van der Waals surface area contributed by atoms with Gasteiger partial charge in [-0.15, -0.1) is 0 Å². The summed E-state index contributed by atoms with van der Waals surface area (Å²) in [5.74, 6) is -0.925. The lowest BCUT2D eigenvalue weighted by molar-refractivity contribution is -0.131. The number of carboxylic acid groups (broad SMARTS) is 1. The zero-order valence-electron chi connectivity index (χ0n) is 8.24. The molecule has 4 heteroatoms. The smallest absolute Gasteiger partial charge is 0.329 e. The summed E-state index contributed by atoms with van der Waals surface area (Å²) in [5, 5.41) is 11.2. The van der Waals surface area contributed by atoms with Gasteiger partial charge in [-0.2, -0.15) is 0 Å². The maximum Gasteiger partial charge on any atom is 0.329 e. The summed E-state index contributed by atoms with van der Waals surface area (Å²) in [7, 11) is 0. The van der Waals surface area contributed by atoms with Crippen LogP contribution in [-0.2, 0) is 9.53 Å². The first-order chi connectivity index (χ1) is 6.79. The SMILES string of the molecule is O=C(O)/C=C/NCCC1CCCCO1. The second-order valence-electron chi connectivity index (χ2n) is 3.40. The minimum atomic E-state index is -0.925. The summed E-state index contributed by atoms with van der Waals surface area (Å²) < 4.78 is 5.53. The van der Waals surface area contributed by atoms with E-state index in [4.69, 9.17) is 9.84 Å². The fraction of sp³-hybridized carbons (Fsp3) is 0.700. The fourth-order valence-corrected chi connectivity index (χ4v) is 1.49. The molecule has 0 aromatic rings. The molecule has 1 heterocycles. The first-order valence-electron chi connectivity index (χ1n) is 5.03. The minimum absolute atomic E-state index is 0.356. The molecule has 0 spiro atoms. The van der Waals surface area contributed by atoms with Crippen molar-refractivity contribution in [3.8, 4) is 0 Å². The zero-order chi connectivity index (χ0) is 10.2. The summed E-state index contributed by atoms with van der Waals surface area (Å²) in [6, 6.07) is 0. The van der Waals surface area contributed by atoms with Gasteiger partial charge in [0.05, 0.1) is 6.10 Å². The van der Waals surface area contributed by atoms with Crippen LogP contribution < -0.4 is 5.32 Å². The molecule has 80 valence electrons. The summed E-state index contributed by atoms with van der Waals surface area (Å²) >= 11 is 0. The maximum atomic E-state index is 10.1. The maximum absolute atomic E-state index is 10.1. The average Bonchev–Trinajstić information content (AvgIpc) is 2.18. The quantitative estimate of drug-likeness (QED) is 0.515. The Labute approximate surface area is 83.9 Å². The van der Waals surface area contributed by atoms with Crippen LogP contribution in [0, 0.1) is 0 Å². The predicted octanol–water partition coefficient (Wildman–Crippen LogP) is 1.13. The molecule has 2 N–H and O–H groups in total. The average molecular weight is 199 g/mol. The Bertz CT molecular complexity index is 198. The van der Waals surface area contributed by atoms with Gasteiger partial charge in [0.1, 0.15) is 0 Å². The van der Waals surface area contributed by atoms with Crippen molar-refractivity contribution in [2.24, 2.45) is 0 Å². The van der Waals surface area contributed by atoms with E-state index >= 15 is 0 Å². The third kappa shape index (κ3) is 4.87. The number of ether oxygens (including phenoxy) is 1. The van der Waals surface area contributed by atoms with Gasteiger partial charge in [0.25, 0.3) is 0 Å². The Kier molecular flexibility index (Phi) is 5.07. The molecule has 0 amide bonds. The molecule has 1 atom stereocenters. The van der Waals surface area contributed by atoms with E-state index in [1.165, 1.54) is 19.0 Å². The van der Waals surface area contributed by atoms with Gasteiger partial charge in [0.2, 0.25) is 0 Å². The Balaban J connectivity index is 2.00. The fourth-order valence-electron chi connectivity index (χ4n) is 1.49. The van der Waals surface area contributed by atoms with Gasteiger partial charge in [0, 0.05) is 25.4 Å². The molecule has 0 aromatic heterocycles. The van der Waals surface area contributed by atoms with Crippen LogP contribution in [0.3, 0.4) is 0 Å². The second kappa shape index (κ2) is 6.43. The number of rotatable bonds is 5. The molecule has 4 nitrogen and oxygen atoms in total. The first-order valence-corrected chi connectivity index (χ1v) is 5.03. The molecule has 1 saturated heterocycles. The Hall–Kier alpha value is -1.03. The molecule has 0 aromatic carbocycles. The third-order valence-electron chi connectivity index (χ3n) is 2.23. The molecular weight excluding hydrogens is 182 g/mol. The zero-order valence-corrected chi connectivity index (χ0v) is 8.24. The predicted molar refractivity (Wildman–Crippen MR) is 53.0 cm³/mol. The van der Waals surface area contributed by atoms with Gasteiger partial charge in [-0.05, 0) is 25.7 Å². The highest BCUT2D eigenvalue weighted by molar-refractivity contribution is 5.79. The molecule has 1 aliphatic rings. The van der Waals surface area contributed by atoms with E-state index in [0.29, 0.717) is 6.10 Å². The number of nitrogens with one attached hydrogen (secondary N) is 1. The van der Waals surface area contributed by atoms with Gasteiger partial charge in [-0.25, -0.2) is 4.79 Å². The molecule has 0 bridgehead atoms. The summed E-state index contributed by atoms with van der Waals surface area (Å²) in [5.41, 5.74) is 0. The highest BCUT2D eigenvalue weighted by Gasteiger charge is 2.12. The van der Waals surface area contributed by atoms with E-state index in [0.717, 1.165) is 32.1 Å². The van der Waals surface area contributed by atoms with E-state index < -0.39 is 5.97 Å². The van der Waals surface area contributed by atoms with Crippen LogP contribution in [0.4, 0.5) is 0 Å². The Morgan fingerprint density at radius 1 is 1.57 bits per heavy atom. The van der Waals surface area contributed by atoms with Crippen LogP contribution in [0.15, 0.2) is 12.3 Å². The van der Waals surface area contributed by atoms with Crippen LogP contribution in [0.2, 0.25) is 0 Å². The summed E-state index contributed by atoms with van der Waals surface area (Å²) in [4.78, 5) is 10.1. The van der Waals surface area contributed by atoms with E-state index in [1.54, 1.807) is 0 Å². The monoisotopic (exact) mass is 199 g/mol. The Morgan fingerprint density at radius 3 is 3.07 bits per heavy atom. The van der Waals surface area contributed by atoms with Crippen molar-refractivity contribution < 1.29 is 14.6 Å². The standard InChI is InChI=1S/C10H17NO3/c12-10(13)5-7-11-6-4-9-3-1-2-8-14-9/h5,7,9,11H,1-4,6,8H2,(H,12,13)/b7-5+. The molecule has 1 aliphatic heterocycles. The van der Waals surface area contributed by atoms with E-state index in [2.05, 4.69) is 5.32 Å². The van der Waals surface area contributed by atoms with Gasteiger partial charge in [-0.3, -0.25) is 0 Å². The summed E-state index contributed by atoms with van der Waals surface area (Å²) in [6.07, 6.45) is 7.41. The number of hydrogen-bond donors (Lipinski definition) is 2. The molecule has 1 fully saturated rings. The minimum Gasteiger partial charge on any atom is -0.478 e. The van der Waals surface area contributed by atoms with Crippen LogP contribution in [0.5, 0.6) is 0 Å². The van der Waals surface area contributed by atoms with Crippen LogP contribution in [0.1, 0.15) is 25.7 Å². The largest absolute Gasteiger partial charge is 0.478 e. The number of hydrogen-bond acceptors (Lipinski definition) is 3. The lowest BCUT2D eigenvalue weighted by Crippen LogP contribution is -2.23. The highest BCUT2D eigenvalue weighted by Crippen LogP contribution is 2.14. The topological polar surface area (TPSA) is 58.6 Å². The van der Waals surface area contributed by atoms with E-state index in [9.17, 15) is 4.79 Å². The molecule has 0 radical (unpaired) electrons. The van der Waals surface area contributed by atoms with Crippen LogP contribution in [-0.4, -0.2) is 30.3 Å². The van der Waals surface area contributed by atoms with Crippen molar-refractivity contribution in [1.82, 2.24) is 5.32 Å². The second-order valence-corrected chi connectivity index (χ2v) is 3.40. The molecule has 1 unspecified atom stereocenters. The van der Waals surface area contributed by atoms with Crippen molar-refractivity contribution in [3.05, 3.63) is 12.3 Å². The number of aliphatic carboxylic acids is 1. The lowest BCUT2D eigenvalue weighted by Gasteiger charge is -2.22. The Morgan fingerprint density at radius 2 is 2.43 bits per heavy atom. The van der Waals surface area contributed by atoms with Crippen LogP contribution >= 0.6 is 0 Å². The van der Waals surface area contributed by atoms with Gasteiger partial charge >= 0.3 is 5.97 Å². The third-order valence-corrected chi connectivity index (χ3v) is 2.23. The van der Waals surface area contributed by atoms with Crippen molar-refractivity contribution in [2.75, 3.05) is 13.2 Å². The molecule has 1 rings (SSSR count). The summed E-state index contributed by atoms with van der Waals surface area (Å²) in [6.45, 7) is 1.64. The highest BCUT2D eigenvalue weighted by atomic mass is 16.5. The molecule has 14 heavy (non-hydrogen) atoms. The van der Waals surface area contributed by atoms with Crippen molar-refractivity contribution >= 4 is 5.97 Å².